The third-order valence-electron chi connectivity index (χ3n) is 2.88. The van der Waals surface area contributed by atoms with E-state index >= 15 is 0 Å². The molecule has 10 heteroatoms. The van der Waals surface area contributed by atoms with Crippen LogP contribution < -0.4 is 10.6 Å². The number of benzene rings is 1. The molecule has 0 radical (unpaired) electrons. The molecule has 0 saturated carbocycles. The first kappa shape index (κ1) is 19.7. The van der Waals surface area contributed by atoms with E-state index in [0.717, 1.165) is 12.1 Å². The fourth-order valence-corrected chi connectivity index (χ4v) is 2.53. The first-order valence-electron chi connectivity index (χ1n) is 7.06. The SMILES string of the molecule is CSC[C@@H](Nc1c([N+](=O)[O-])cccc1[N+](=O)[O-])C(=O)NC(C)(C)C. The van der Waals surface area contributed by atoms with Gasteiger partial charge in [0.1, 0.15) is 6.04 Å². The molecule has 0 saturated heterocycles. The number of rotatable bonds is 7. The highest BCUT2D eigenvalue weighted by Crippen LogP contribution is 2.34. The lowest BCUT2D eigenvalue weighted by molar-refractivity contribution is -0.392. The number of hydrogen-bond acceptors (Lipinski definition) is 7. The lowest BCUT2D eigenvalue weighted by Gasteiger charge is -2.25. The van der Waals surface area contributed by atoms with E-state index in [1.54, 1.807) is 27.0 Å². The minimum atomic E-state index is -0.848. The van der Waals surface area contributed by atoms with Gasteiger partial charge in [0.15, 0.2) is 5.69 Å². The number of nitro benzene ring substituents is 2. The Morgan fingerprint density at radius 2 is 1.71 bits per heavy atom. The minimum Gasteiger partial charge on any atom is -0.362 e. The molecule has 1 aromatic rings. The van der Waals surface area contributed by atoms with Crippen molar-refractivity contribution in [3.8, 4) is 0 Å². The molecule has 0 aliphatic carbocycles. The molecule has 0 bridgehead atoms. The number of amides is 1. The Hall–Kier alpha value is -2.36. The Labute approximate surface area is 143 Å². The molecule has 0 aliphatic rings. The molecule has 1 rings (SSSR count). The number of nitro groups is 2. The van der Waals surface area contributed by atoms with Crippen LogP contribution in [-0.2, 0) is 4.79 Å². The van der Waals surface area contributed by atoms with E-state index in [1.165, 1.54) is 17.8 Å². The number of nitrogens with zero attached hydrogens (tertiary/aromatic N) is 2. The zero-order valence-corrected chi connectivity index (χ0v) is 14.7. The lowest BCUT2D eigenvalue weighted by Crippen LogP contribution is -2.49. The summed E-state index contributed by atoms with van der Waals surface area (Å²) in [7, 11) is 0. The van der Waals surface area contributed by atoms with E-state index in [1.807, 2.05) is 0 Å². The van der Waals surface area contributed by atoms with Crippen molar-refractivity contribution in [2.75, 3.05) is 17.3 Å². The maximum absolute atomic E-state index is 12.4. The summed E-state index contributed by atoms with van der Waals surface area (Å²) in [5, 5.41) is 27.8. The number of anilines is 1. The third kappa shape index (κ3) is 5.37. The van der Waals surface area contributed by atoms with Gasteiger partial charge in [0.05, 0.1) is 9.85 Å². The molecule has 2 N–H and O–H groups in total. The molecule has 0 aromatic heterocycles. The van der Waals surface area contributed by atoms with E-state index in [9.17, 15) is 25.0 Å². The Morgan fingerprint density at radius 1 is 1.21 bits per heavy atom. The van der Waals surface area contributed by atoms with E-state index in [0.29, 0.717) is 5.75 Å². The second-order valence-electron chi connectivity index (χ2n) is 6.08. The molecule has 0 heterocycles. The van der Waals surface area contributed by atoms with Crippen LogP contribution in [0, 0.1) is 20.2 Å². The molecule has 24 heavy (non-hydrogen) atoms. The highest BCUT2D eigenvalue weighted by Gasteiger charge is 2.30. The summed E-state index contributed by atoms with van der Waals surface area (Å²) in [4.78, 5) is 33.3. The Balaban J connectivity index is 3.25. The van der Waals surface area contributed by atoms with Crippen molar-refractivity contribution in [3.63, 3.8) is 0 Å². The Morgan fingerprint density at radius 3 is 2.08 bits per heavy atom. The highest BCUT2D eigenvalue weighted by molar-refractivity contribution is 7.98. The molecule has 0 fully saturated rings. The van der Waals surface area contributed by atoms with Crippen molar-refractivity contribution in [1.29, 1.82) is 0 Å². The predicted molar refractivity (Wildman–Crippen MR) is 93.4 cm³/mol. The van der Waals surface area contributed by atoms with Gasteiger partial charge in [-0.1, -0.05) is 0 Å². The Kier molecular flexibility index (Phi) is 6.52. The summed E-state index contributed by atoms with van der Waals surface area (Å²) >= 11 is 1.35. The highest BCUT2D eigenvalue weighted by atomic mass is 32.2. The van der Waals surface area contributed by atoms with Crippen LogP contribution in [0.2, 0.25) is 0 Å². The number of carbonyl (C=O) groups is 1. The Bertz CT molecular complexity index is 612. The topological polar surface area (TPSA) is 127 Å². The summed E-state index contributed by atoms with van der Waals surface area (Å²) in [6, 6.07) is 2.71. The summed E-state index contributed by atoms with van der Waals surface area (Å²) in [6.45, 7) is 5.40. The molecule has 0 aliphatic heterocycles. The molecular formula is C14H20N4O5S. The van der Waals surface area contributed by atoms with Gasteiger partial charge in [-0.25, -0.2) is 0 Å². The monoisotopic (exact) mass is 356 g/mol. The molecule has 0 unspecified atom stereocenters. The van der Waals surface area contributed by atoms with Crippen LogP contribution >= 0.6 is 11.8 Å². The number of para-hydroxylation sites is 1. The quantitative estimate of drug-likeness (QED) is 0.567. The second kappa shape index (κ2) is 7.95. The standard InChI is InChI=1S/C14H20N4O5S/c1-14(2,3)16-13(19)9(8-24-4)15-12-10(17(20)21)6-5-7-11(12)18(22)23/h5-7,9,15H,8H2,1-4H3,(H,16,19)/t9-/m1/s1. The van der Waals surface area contributed by atoms with Crippen LogP contribution in [0.25, 0.3) is 0 Å². The van der Waals surface area contributed by atoms with Crippen LogP contribution in [0.1, 0.15) is 20.8 Å². The minimum absolute atomic E-state index is 0.268. The van der Waals surface area contributed by atoms with Crippen molar-refractivity contribution in [1.82, 2.24) is 5.32 Å². The maximum Gasteiger partial charge on any atom is 0.299 e. The van der Waals surface area contributed by atoms with Crippen LogP contribution in [0.15, 0.2) is 18.2 Å². The van der Waals surface area contributed by atoms with Crippen molar-refractivity contribution < 1.29 is 14.6 Å². The number of thioether (sulfide) groups is 1. The van der Waals surface area contributed by atoms with E-state index in [4.69, 9.17) is 0 Å². The summed E-state index contributed by atoms with van der Waals surface area (Å²) < 4.78 is 0. The van der Waals surface area contributed by atoms with Crippen LogP contribution in [0.5, 0.6) is 0 Å². The van der Waals surface area contributed by atoms with Gasteiger partial charge in [0, 0.05) is 23.4 Å². The van der Waals surface area contributed by atoms with Gasteiger partial charge in [-0.05, 0) is 33.1 Å². The first-order chi connectivity index (χ1) is 11.1. The number of carbonyl (C=O) groups excluding carboxylic acids is 1. The van der Waals surface area contributed by atoms with Crippen LogP contribution in [0.3, 0.4) is 0 Å². The maximum atomic E-state index is 12.4. The average Bonchev–Trinajstić information content (AvgIpc) is 2.44. The van der Waals surface area contributed by atoms with Gasteiger partial charge in [-0.15, -0.1) is 0 Å². The van der Waals surface area contributed by atoms with Gasteiger partial charge >= 0.3 is 0 Å². The zero-order chi connectivity index (χ0) is 18.5. The largest absolute Gasteiger partial charge is 0.362 e. The van der Waals surface area contributed by atoms with Crippen LogP contribution in [-0.4, -0.2) is 39.3 Å². The van der Waals surface area contributed by atoms with Gasteiger partial charge < -0.3 is 10.6 Å². The fraction of sp³-hybridized carbons (Fsp3) is 0.500. The van der Waals surface area contributed by atoms with Crippen LogP contribution in [0.4, 0.5) is 17.1 Å². The van der Waals surface area contributed by atoms with Crippen molar-refractivity contribution in [3.05, 3.63) is 38.4 Å². The molecule has 1 atom stereocenters. The normalized spacial score (nSPS) is 12.3. The molecule has 0 spiro atoms. The fourth-order valence-electron chi connectivity index (χ4n) is 1.96. The molecule has 132 valence electrons. The van der Waals surface area contributed by atoms with Gasteiger partial charge in [-0.2, -0.15) is 11.8 Å². The average molecular weight is 356 g/mol. The summed E-state index contributed by atoms with van der Waals surface area (Å²) in [5.41, 5.74) is -1.66. The van der Waals surface area contributed by atoms with Crippen molar-refractivity contribution in [2.24, 2.45) is 0 Å². The van der Waals surface area contributed by atoms with E-state index < -0.39 is 32.8 Å². The smallest absolute Gasteiger partial charge is 0.299 e. The molecular weight excluding hydrogens is 336 g/mol. The summed E-state index contributed by atoms with van der Waals surface area (Å²) in [5.74, 6) is -0.0882. The van der Waals surface area contributed by atoms with Gasteiger partial charge in [0.25, 0.3) is 11.4 Å². The zero-order valence-electron chi connectivity index (χ0n) is 13.9. The van der Waals surface area contributed by atoms with Gasteiger partial charge in [0.2, 0.25) is 5.91 Å². The van der Waals surface area contributed by atoms with Gasteiger partial charge in [-0.3, -0.25) is 25.0 Å². The number of nitrogens with one attached hydrogen (secondary N) is 2. The van der Waals surface area contributed by atoms with E-state index in [-0.39, 0.29) is 11.6 Å². The summed E-state index contributed by atoms with van der Waals surface area (Å²) in [6.07, 6.45) is 1.77. The number of hydrogen-bond donors (Lipinski definition) is 2. The van der Waals surface area contributed by atoms with E-state index in [2.05, 4.69) is 10.6 Å². The molecule has 9 nitrogen and oxygen atoms in total. The molecule has 1 amide bonds. The first-order valence-corrected chi connectivity index (χ1v) is 8.45. The third-order valence-corrected chi connectivity index (χ3v) is 3.55. The van der Waals surface area contributed by atoms with Crippen molar-refractivity contribution in [2.45, 2.75) is 32.4 Å². The predicted octanol–water partition coefficient (Wildman–Crippen LogP) is 2.56. The lowest BCUT2D eigenvalue weighted by atomic mass is 10.1. The molecule has 1 aromatic carbocycles. The van der Waals surface area contributed by atoms with Crippen molar-refractivity contribution >= 4 is 34.7 Å². The second-order valence-corrected chi connectivity index (χ2v) is 6.99.